The molecule has 2 aromatic carbocycles. The minimum absolute atomic E-state index is 0.0122. The second kappa shape index (κ2) is 14.6. The molecule has 272 valence electrons. The third kappa shape index (κ3) is 7.03. The first-order valence-corrected chi connectivity index (χ1v) is 16.1. The van der Waals surface area contributed by atoms with E-state index < -0.39 is 75.4 Å². The Hall–Kier alpha value is -6.21. The summed E-state index contributed by atoms with van der Waals surface area (Å²) in [4.78, 5) is 102. The van der Waals surface area contributed by atoms with E-state index in [-0.39, 0.29) is 51.7 Å². The summed E-state index contributed by atoms with van der Waals surface area (Å²) in [5.41, 5.74) is -4.03. The zero-order valence-corrected chi connectivity index (χ0v) is 28.5. The van der Waals surface area contributed by atoms with E-state index in [1.165, 1.54) is 24.3 Å². The Balaban J connectivity index is 1.47. The number of benzene rings is 2. The van der Waals surface area contributed by atoms with Gasteiger partial charge in [0, 0.05) is 45.3 Å². The number of rotatable bonds is 11. The van der Waals surface area contributed by atoms with Crippen LogP contribution in [0.3, 0.4) is 0 Å². The molecule has 0 spiro atoms. The van der Waals surface area contributed by atoms with Crippen LogP contribution in [0.2, 0.25) is 0 Å². The second-order valence-electron chi connectivity index (χ2n) is 11.3. The summed E-state index contributed by atoms with van der Waals surface area (Å²) in [6, 6.07) is 5.53. The minimum atomic E-state index is -2.12. The molecule has 0 bridgehead atoms. The summed E-state index contributed by atoms with van der Waals surface area (Å²) in [7, 11) is 1.11. The van der Waals surface area contributed by atoms with Crippen LogP contribution < -0.4 is 25.5 Å². The number of thioether (sulfide) groups is 1. The number of fused-ring (bicyclic) bond motifs is 2. The van der Waals surface area contributed by atoms with Crippen molar-refractivity contribution in [3.05, 3.63) is 75.3 Å². The molecule has 52 heavy (non-hydrogen) atoms. The summed E-state index contributed by atoms with van der Waals surface area (Å²) >= 11 is 1.02. The number of amides is 3. The highest BCUT2D eigenvalue weighted by Gasteiger charge is 2.67. The van der Waals surface area contributed by atoms with Crippen molar-refractivity contribution in [2.45, 2.75) is 37.9 Å². The van der Waals surface area contributed by atoms with Gasteiger partial charge in [-0.3, -0.25) is 38.5 Å². The zero-order chi connectivity index (χ0) is 38.1. The maximum atomic E-state index is 14.0. The molecular weight excluding hydrogens is 710 g/mol. The van der Waals surface area contributed by atoms with Crippen LogP contribution in [0.1, 0.15) is 42.7 Å². The van der Waals surface area contributed by atoms with Crippen molar-refractivity contribution in [2.24, 2.45) is 0 Å². The van der Waals surface area contributed by atoms with E-state index in [9.17, 15) is 48.6 Å². The van der Waals surface area contributed by atoms with Crippen LogP contribution in [0.15, 0.2) is 63.1 Å². The van der Waals surface area contributed by atoms with Crippen molar-refractivity contribution < 1.29 is 67.1 Å². The fraction of sp³-hybridized carbons (Fsp3) is 0.273. The number of carboxylic acid groups (broad SMARTS) is 1. The lowest BCUT2D eigenvalue weighted by Gasteiger charge is -2.56. The van der Waals surface area contributed by atoms with Crippen LogP contribution in [0.5, 0.6) is 17.2 Å². The van der Waals surface area contributed by atoms with Gasteiger partial charge in [0.05, 0.1) is 5.39 Å². The number of phenols is 1. The molecular formula is C33H29N3O15S. The predicted octanol–water partition coefficient (Wildman–Crippen LogP) is 1.10. The molecule has 0 saturated carbocycles. The van der Waals surface area contributed by atoms with Gasteiger partial charge in [-0.25, -0.2) is 4.79 Å². The minimum Gasteiger partial charge on any atom is -0.508 e. The Morgan fingerprint density at radius 3 is 2.21 bits per heavy atom. The van der Waals surface area contributed by atoms with Crippen LogP contribution in [-0.2, 0) is 38.2 Å². The van der Waals surface area contributed by atoms with Gasteiger partial charge in [-0.2, -0.15) is 0 Å². The van der Waals surface area contributed by atoms with Crippen LogP contribution >= 0.6 is 11.8 Å². The highest BCUT2D eigenvalue weighted by molar-refractivity contribution is 8.00. The van der Waals surface area contributed by atoms with E-state index >= 15 is 0 Å². The van der Waals surface area contributed by atoms with Crippen molar-refractivity contribution >= 4 is 64.3 Å². The molecule has 19 heteroatoms. The largest absolute Gasteiger partial charge is 0.508 e. The van der Waals surface area contributed by atoms with Crippen molar-refractivity contribution in [1.29, 1.82) is 0 Å². The number of hydrogen-bond donors (Lipinski definition) is 4. The molecule has 4 N–H and O–H groups in total. The number of methoxy groups -OCH3 is 1. The number of phenolic OH excluding ortho intramolecular Hbond substituents is 1. The second-order valence-corrected chi connectivity index (χ2v) is 12.3. The van der Waals surface area contributed by atoms with E-state index in [1.54, 1.807) is 0 Å². The maximum absolute atomic E-state index is 14.0. The number of hydrogen-bond acceptors (Lipinski definition) is 15. The molecule has 1 fully saturated rings. The van der Waals surface area contributed by atoms with Crippen molar-refractivity contribution in [3.63, 3.8) is 0 Å². The number of carbonyl (C=O) groups excluding carboxylic acids is 6. The van der Waals surface area contributed by atoms with Gasteiger partial charge in [-0.1, -0.05) is 12.1 Å². The van der Waals surface area contributed by atoms with E-state index in [4.69, 9.17) is 23.4 Å². The molecule has 2 aliphatic rings. The molecule has 1 unspecified atom stereocenters. The highest BCUT2D eigenvalue weighted by Crippen LogP contribution is 2.47. The lowest BCUT2D eigenvalue weighted by Crippen LogP contribution is -2.81. The van der Waals surface area contributed by atoms with Crippen LogP contribution in [-0.4, -0.2) is 87.3 Å². The average Bonchev–Trinajstić information content (AvgIpc) is 3.08. The monoisotopic (exact) mass is 739 g/mol. The fourth-order valence-electron chi connectivity index (χ4n) is 5.44. The van der Waals surface area contributed by atoms with Gasteiger partial charge in [0.1, 0.15) is 46.9 Å². The van der Waals surface area contributed by atoms with Gasteiger partial charge in [0.2, 0.25) is 11.3 Å². The van der Waals surface area contributed by atoms with Crippen molar-refractivity contribution in [3.8, 4) is 17.2 Å². The Bertz CT molecular complexity index is 2130. The molecule has 2 aliphatic heterocycles. The normalized spacial score (nSPS) is 18.4. The van der Waals surface area contributed by atoms with Crippen molar-refractivity contribution in [2.75, 3.05) is 19.5 Å². The van der Waals surface area contributed by atoms with Crippen LogP contribution in [0.25, 0.3) is 11.0 Å². The molecule has 3 amide bonds. The summed E-state index contributed by atoms with van der Waals surface area (Å²) in [5, 5.41) is 23.3. The zero-order valence-electron chi connectivity index (χ0n) is 27.7. The summed E-state index contributed by atoms with van der Waals surface area (Å²) < 4.78 is 26.0. The molecule has 1 saturated heterocycles. The Labute approximate surface area is 296 Å². The lowest BCUT2D eigenvalue weighted by molar-refractivity contribution is -0.193. The topological polar surface area (TPSA) is 254 Å². The molecule has 3 aromatic rings. The van der Waals surface area contributed by atoms with Gasteiger partial charge in [0.25, 0.3) is 17.5 Å². The van der Waals surface area contributed by atoms with E-state index in [1.807, 2.05) is 0 Å². The first-order valence-electron chi connectivity index (χ1n) is 15.0. The number of ether oxygens (including phenoxy) is 4. The summed E-state index contributed by atoms with van der Waals surface area (Å²) in [6.07, 6.45) is 0.796. The Morgan fingerprint density at radius 2 is 1.63 bits per heavy atom. The Morgan fingerprint density at radius 1 is 1.00 bits per heavy atom. The van der Waals surface area contributed by atoms with Gasteiger partial charge >= 0.3 is 23.9 Å². The van der Waals surface area contributed by atoms with Gasteiger partial charge in [-0.05, 0) is 23.8 Å². The van der Waals surface area contributed by atoms with E-state index in [0.717, 1.165) is 62.9 Å². The molecule has 1 aromatic heterocycles. The number of esters is 3. The molecule has 0 radical (unpaired) electrons. The first kappa shape index (κ1) is 37.1. The third-order valence-electron chi connectivity index (χ3n) is 7.75. The highest BCUT2D eigenvalue weighted by atomic mass is 32.2. The van der Waals surface area contributed by atoms with Gasteiger partial charge < -0.3 is 44.2 Å². The van der Waals surface area contributed by atoms with Crippen LogP contribution in [0, 0.1) is 0 Å². The Kier molecular flexibility index (Phi) is 10.4. The molecule has 18 nitrogen and oxygen atoms in total. The summed E-state index contributed by atoms with van der Waals surface area (Å²) in [5.74, 6) is -7.60. The van der Waals surface area contributed by atoms with E-state index in [2.05, 4.69) is 10.6 Å². The first-order chi connectivity index (χ1) is 24.6. The number of aromatic hydroxyl groups is 1. The quantitative estimate of drug-likeness (QED) is 0.0929. The molecule has 5 rings (SSSR count). The third-order valence-corrected chi connectivity index (χ3v) is 9.12. The van der Waals surface area contributed by atoms with Crippen LogP contribution in [0.4, 0.5) is 0 Å². The smallest absolute Gasteiger partial charge is 0.352 e. The fourth-order valence-corrected chi connectivity index (χ4v) is 6.86. The standard InChI is InChI=1S/C33H29N3O15S/c1-14(37)48-11-18-13-52-32-33(47-4,31(46)36(32)26(18)30(44)45)35-29(43)25(17-5-7-19(40)8-6-17)34-28(42)21-12-49-22-10-24(51-16(3)39)23(50-15(2)38)9-20(22)27(21)41/h5-10,12,25,32,40H,11,13H2,1-4H3,(H,34,42)(H,35,43)(H,44,45)/t25?,32-,33-/m0/s1. The average molecular weight is 740 g/mol. The maximum Gasteiger partial charge on any atom is 0.352 e. The summed E-state index contributed by atoms with van der Waals surface area (Å²) in [6.45, 7) is 2.92. The lowest BCUT2D eigenvalue weighted by atomic mass is 9.96. The number of aliphatic carboxylic acids is 1. The number of nitrogens with one attached hydrogen (secondary N) is 2. The number of carbonyl (C=O) groups is 7. The predicted molar refractivity (Wildman–Crippen MR) is 176 cm³/mol. The van der Waals surface area contributed by atoms with Gasteiger partial charge in [0.15, 0.2) is 11.5 Å². The molecule has 0 aliphatic carbocycles. The number of carboxylic acids is 1. The SMILES string of the molecule is CO[C@@]1(NC(=O)C(NC(=O)c2coc3cc(OC(C)=O)c(OC(C)=O)cc3c2=O)c2ccc(O)cc2)C(=O)N2C(C(=O)O)=C(COC(C)=O)CS[C@H]21. The van der Waals surface area contributed by atoms with E-state index in [0.29, 0.717) is 0 Å². The number of nitrogens with zero attached hydrogens (tertiary/aromatic N) is 1. The molecule has 3 atom stereocenters. The molecule has 3 heterocycles. The van der Waals surface area contributed by atoms with Gasteiger partial charge in [-0.15, -0.1) is 11.8 Å². The number of β-lactam (4-membered cyclic amide) rings is 1. The van der Waals surface area contributed by atoms with Crippen molar-refractivity contribution in [1.82, 2.24) is 15.5 Å².